The van der Waals surface area contributed by atoms with Crippen LogP contribution in [0.15, 0.2) is 53.6 Å². The fourth-order valence-electron chi connectivity index (χ4n) is 2.90. The van der Waals surface area contributed by atoms with Gasteiger partial charge in [0.15, 0.2) is 5.13 Å². The topological polar surface area (TPSA) is 83.9 Å². The van der Waals surface area contributed by atoms with Gasteiger partial charge in [0.2, 0.25) is 5.91 Å². The number of hydrogen-bond acceptors (Lipinski definition) is 6. The second-order valence-corrected chi connectivity index (χ2v) is 7.32. The van der Waals surface area contributed by atoms with Crippen LogP contribution >= 0.6 is 11.3 Å². The molecule has 2 aromatic carbocycles. The van der Waals surface area contributed by atoms with Gasteiger partial charge >= 0.3 is 0 Å². The Labute approximate surface area is 165 Å². The highest BCUT2D eigenvalue weighted by Crippen LogP contribution is 2.29. The summed E-state index contributed by atoms with van der Waals surface area (Å²) in [6.07, 6.45) is 0.574. The number of fused-ring (bicyclic) bond motifs is 1. The Morgan fingerprint density at radius 1 is 1.21 bits per heavy atom. The molecule has 0 spiro atoms. The normalized spacial score (nSPS) is 14.1. The van der Waals surface area contributed by atoms with Crippen LogP contribution < -0.4 is 10.1 Å². The maximum atomic E-state index is 12.6. The quantitative estimate of drug-likeness (QED) is 0.719. The van der Waals surface area contributed by atoms with Crippen molar-refractivity contribution < 1.29 is 14.3 Å². The summed E-state index contributed by atoms with van der Waals surface area (Å²) in [5.74, 6) is 0.310. The molecule has 0 bridgehead atoms. The van der Waals surface area contributed by atoms with Gasteiger partial charge in [0.05, 0.1) is 23.9 Å². The summed E-state index contributed by atoms with van der Waals surface area (Å²) < 4.78 is 6.13. The number of ether oxygens (including phenoxy) is 1. The molecule has 1 N–H and O–H groups in total. The number of hydrazone groups is 1. The first kappa shape index (κ1) is 18.1. The van der Waals surface area contributed by atoms with Gasteiger partial charge in [0.1, 0.15) is 11.5 Å². The zero-order chi connectivity index (χ0) is 19.5. The molecule has 4 rings (SSSR count). The summed E-state index contributed by atoms with van der Waals surface area (Å²) in [4.78, 5) is 29.2. The highest BCUT2D eigenvalue weighted by Gasteiger charge is 2.25. The van der Waals surface area contributed by atoms with E-state index in [1.54, 1.807) is 7.11 Å². The molecule has 0 radical (unpaired) electrons. The molecule has 8 heteroatoms. The maximum Gasteiger partial charge on any atom is 0.273 e. The largest absolute Gasteiger partial charge is 0.497 e. The molecule has 0 atom stereocenters. The Hall–Kier alpha value is -3.26. The van der Waals surface area contributed by atoms with Gasteiger partial charge < -0.3 is 4.74 Å². The monoisotopic (exact) mass is 394 g/mol. The Morgan fingerprint density at radius 2 is 2.04 bits per heavy atom. The summed E-state index contributed by atoms with van der Waals surface area (Å²) in [7, 11) is 1.61. The van der Waals surface area contributed by atoms with Crippen molar-refractivity contribution in [1.82, 2.24) is 9.99 Å². The van der Waals surface area contributed by atoms with E-state index in [1.807, 2.05) is 48.5 Å². The number of nitrogens with zero attached hydrogens (tertiary/aromatic N) is 3. The molecule has 28 heavy (non-hydrogen) atoms. The van der Waals surface area contributed by atoms with Crippen molar-refractivity contribution in [3.63, 3.8) is 0 Å². The lowest BCUT2D eigenvalue weighted by atomic mass is 10.1. The molecule has 2 heterocycles. The van der Waals surface area contributed by atoms with E-state index in [-0.39, 0.29) is 18.2 Å². The van der Waals surface area contributed by atoms with Crippen molar-refractivity contribution in [3.05, 3.63) is 54.1 Å². The van der Waals surface area contributed by atoms with Crippen molar-refractivity contribution in [2.45, 2.75) is 19.4 Å². The van der Waals surface area contributed by atoms with E-state index in [4.69, 9.17) is 4.74 Å². The van der Waals surface area contributed by atoms with Crippen molar-refractivity contribution in [3.8, 4) is 5.75 Å². The van der Waals surface area contributed by atoms with Crippen molar-refractivity contribution in [2.24, 2.45) is 5.10 Å². The third kappa shape index (κ3) is 3.86. The van der Waals surface area contributed by atoms with Crippen molar-refractivity contribution in [1.29, 1.82) is 0 Å². The van der Waals surface area contributed by atoms with Crippen molar-refractivity contribution >= 4 is 44.2 Å². The highest BCUT2D eigenvalue weighted by molar-refractivity contribution is 7.22. The summed E-state index contributed by atoms with van der Waals surface area (Å²) in [6, 6.07) is 15.1. The van der Waals surface area contributed by atoms with E-state index in [0.29, 0.717) is 23.8 Å². The fraction of sp³-hybridized carbons (Fsp3) is 0.200. The lowest BCUT2D eigenvalue weighted by molar-refractivity contribution is -0.132. The molecule has 0 saturated heterocycles. The van der Waals surface area contributed by atoms with Crippen LogP contribution in [0.4, 0.5) is 5.13 Å². The van der Waals surface area contributed by atoms with Gasteiger partial charge in [-0.25, -0.2) is 9.99 Å². The number of aromatic nitrogens is 1. The Kier molecular flexibility index (Phi) is 5.03. The maximum absolute atomic E-state index is 12.6. The number of anilines is 1. The number of hydrogen-bond donors (Lipinski definition) is 1. The van der Waals surface area contributed by atoms with E-state index < -0.39 is 0 Å². The molecule has 0 unspecified atom stereocenters. The molecule has 1 aromatic heterocycles. The Morgan fingerprint density at radius 3 is 2.82 bits per heavy atom. The predicted molar refractivity (Wildman–Crippen MR) is 108 cm³/mol. The highest BCUT2D eigenvalue weighted by atomic mass is 32.1. The van der Waals surface area contributed by atoms with Crippen LogP contribution in [0, 0.1) is 0 Å². The predicted octanol–water partition coefficient (Wildman–Crippen LogP) is 3.42. The van der Waals surface area contributed by atoms with Crippen LogP contribution in [-0.2, 0) is 16.1 Å². The molecule has 0 fully saturated rings. The van der Waals surface area contributed by atoms with Crippen LogP contribution in [0.3, 0.4) is 0 Å². The molecule has 1 aliphatic rings. The van der Waals surface area contributed by atoms with E-state index in [0.717, 1.165) is 21.5 Å². The third-order valence-electron chi connectivity index (χ3n) is 4.36. The number of carbonyl (C=O) groups excluding carboxylic acids is 2. The van der Waals surface area contributed by atoms with Gasteiger partial charge in [-0.1, -0.05) is 41.7 Å². The smallest absolute Gasteiger partial charge is 0.273 e. The number of methoxy groups -OCH3 is 1. The average Bonchev–Trinajstić information content (AvgIpc) is 3.11. The first-order valence-corrected chi connectivity index (χ1v) is 9.62. The number of benzene rings is 2. The molecule has 1 aliphatic heterocycles. The zero-order valence-electron chi connectivity index (χ0n) is 15.2. The van der Waals surface area contributed by atoms with Gasteiger partial charge in [-0.3, -0.25) is 14.9 Å². The lowest BCUT2D eigenvalue weighted by Crippen LogP contribution is -2.35. The van der Waals surface area contributed by atoms with E-state index in [9.17, 15) is 9.59 Å². The van der Waals surface area contributed by atoms with Gasteiger partial charge in [0.25, 0.3) is 5.91 Å². The standard InChI is InChI=1S/C20H18N4O3S/c1-27-14-7-8-15-17(11-14)28-20(21-15)22-19(26)16-9-10-18(25)24(23-16)12-13-5-3-2-4-6-13/h2-8,11H,9-10,12H2,1H3,(H,21,22,26). The second-order valence-electron chi connectivity index (χ2n) is 6.29. The number of thiazole rings is 1. The fourth-order valence-corrected chi connectivity index (χ4v) is 3.79. The number of nitrogens with one attached hydrogen (secondary N) is 1. The van der Waals surface area contributed by atoms with Gasteiger partial charge in [0, 0.05) is 12.8 Å². The molecule has 0 saturated carbocycles. The second kappa shape index (κ2) is 7.77. The van der Waals surface area contributed by atoms with Gasteiger partial charge in [-0.05, 0) is 23.8 Å². The number of amides is 2. The minimum Gasteiger partial charge on any atom is -0.497 e. The van der Waals surface area contributed by atoms with E-state index in [2.05, 4.69) is 15.4 Å². The molecule has 7 nitrogen and oxygen atoms in total. The third-order valence-corrected chi connectivity index (χ3v) is 5.29. The van der Waals surface area contributed by atoms with Crippen LogP contribution in [0.2, 0.25) is 0 Å². The molecule has 3 aromatic rings. The summed E-state index contributed by atoms with van der Waals surface area (Å²) >= 11 is 1.36. The number of rotatable bonds is 5. The summed E-state index contributed by atoms with van der Waals surface area (Å²) in [6.45, 7) is 0.345. The van der Waals surface area contributed by atoms with Gasteiger partial charge in [-0.2, -0.15) is 5.10 Å². The van der Waals surface area contributed by atoms with E-state index >= 15 is 0 Å². The average molecular weight is 394 g/mol. The SMILES string of the molecule is COc1ccc2nc(NC(=O)C3=NN(Cc4ccccc4)C(=O)CC3)sc2c1. The summed E-state index contributed by atoms with van der Waals surface area (Å²) in [5.41, 5.74) is 2.07. The Bertz CT molecular complexity index is 1060. The molecular formula is C20H18N4O3S. The molecule has 0 aliphatic carbocycles. The molecule has 142 valence electrons. The minimum atomic E-state index is -0.336. The lowest BCUT2D eigenvalue weighted by Gasteiger charge is -2.23. The first-order chi connectivity index (χ1) is 13.6. The Balaban J connectivity index is 1.50. The zero-order valence-corrected chi connectivity index (χ0v) is 16.0. The molecular weight excluding hydrogens is 376 g/mol. The van der Waals surface area contributed by atoms with Crippen LogP contribution in [0.25, 0.3) is 10.2 Å². The van der Waals surface area contributed by atoms with Crippen LogP contribution in [0.1, 0.15) is 18.4 Å². The van der Waals surface area contributed by atoms with Gasteiger partial charge in [-0.15, -0.1) is 0 Å². The van der Waals surface area contributed by atoms with Crippen LogP contribution in [0.5, 0.6) is 5.75 Å². The molecule has 2 amide bonds. The van der Waals surface area contributed by atoms with E-state index in [1.165, 1.54) is 16.3 Å². The van der Waals surface area contributed by atoms with Crippen LogP contribution in [-0.4, -0.2) is 34.6 Å². The van der Waals surface area contributed by atoms with Crippen molar-refractivity contribution in [2.75, 3.05) is 12.4 Å². The minimum absolute atomic E-state index is 0.0903. The summed E-state index contributed by atoms with van der Waals surface area (Å²) in [5, 5.41) is 8.92. The number of carbonyl (C=O) groups is 2. The first-order valence-electron chi connectivity index (χ1n) is 8.80.